The first kappa shape index (κ1) is 24.4. The SMILES string of the molecule is CC(C)OCCCNC(=O)c1cccc(CN2CCN(S(=O)(=O)c3ccccc3)CC2)c1. The molecule has 0 aliphatic carbocycles. The van der Waals surface area contributed by atoms with Gasteiger partial charge in [0.05, 0.1) is 11.0 Å². The van der Waals surface area contributed by atoms with E-state index in [1.807, 2.05) is 44.2 Å². The maximum atomic E-state index is 12.8. The van der Waals surface area contributed by atoms with E-state index in [2.05, 4.69) is 10.2 Å². The summed E-state index contributed by atoms with van der Waals surface area (Å²) in [5.74, 6) is -0.0878. The molecule has 1 saturated heterocycles. The molecule has 1 amide bonds. The van der Waals surface area contributed by atoms with Crippen molar-refractivity contribution in [3.8, 4) is 0 Å². The molecule has 0 atom stereocenters. The number of sulfonamides is 1. The van der Waals surface area contributed by atoms with Crippen molar-refractivity contribution in [1.82, 2.24) is 14.5 Å². The van der Waals surface area contributed by atoms with Gasteiger partial charge in [-0.15, -0.1) is 0 Å². The normalized spacial score (nSPS) is 15.7. The second kappa shape index (κ2) is 11.6. The molecule has 32 heavy (non-hydrogen) atoms. The van der Waals surface area contributed by atoms with Crippen molar-refractivity contribution in [2.45, 2.75) is 37.8 Å². The summed E-state index contributed by atoms with van der Waals surface area (Å²) in [6, 6.07) is 16.2. The van der Waals surface area contributed by atoms with Crippen LogP contribution in [0.3, 0.4) is 0 Å². The van der Waals surface area contributed by atoms with Gasteiger partial charge in [0, 0.05) is 51.4 Å². The van der Waals surface area contributed by atoms with Gasteiger partial charge in [-0.1, -0.05) is 30.3 Å². The van der Waals surface area contributed by atoms with Gasteiger partial charge in [0.1, 0.15) is 0 Å². The van der Waals surface area contributed by atoms with Crippen LogP contribution in [0, 0.1) is 0 Å². The molecule has 0 spiro atoms. The fraction of sp³-hybridized carbons (Fsp3) is 0.458. The highest BCUT2D eigenvalue weighted by Gasteiger charge is 2.28. The molecule has 0 aromatic heterocycles. The highest BCUT2D eigenvalue weighted by atomic mass is 32.2. The molecule has 1 N–H and O–H groups in total. The van der Waals surface area contributed by atoms with Crippen molar-refractivity contribution in [2.24, 2.45) is 0 Å². The molecule has 0 radical (unpaired) electrons. The van der Waals surface area contributed by atoms with Gasteiger partial charge in [-0.05, 0) is 50.1 Å². The van der Waals surface area contributed by atoms with Crippen LogP contribution in [0.25, 0.3) is 0 Å². The molecule has 1 heterocycles. The van der Waals surface area contributed by atoms with Crippen LogP contribution in [0.5, 0.6) is 0 Å². The lowest BCUT2D eigenvalue weighted by atomic mass is 10.1. The van der Waals surface area contributed by atoms with Crippen molar-refractivity contribution in [3.05, 3.63) is 65.7 Å². The minimum absolute atomic E-state index is 0.0878. The summed E-state index contributed by atoms with van der Waals surface area (Å²) < 4.78 is 32.6. The molecule has 2 aromatic rings. The van der Waals surface area contributed by atoms with Crippen LogP contribution in [-0.2, 0) is 21.3 Å². The van der Waals surface area contributed by atoms with Crippen LogP contribution in [0.1, 0.15) is 36.2 Å². The summed E-state index contributed by atoms with van der Waals surface area (Å²) in [6.07, 6.45) is 0.974. The third kappa shape index (κ3) is 6.87. The highest BCUT2D eigenvalue weighted by Crippen LogP contribution is 2.18. The standard InChI is InChI=1S/C24H33N3O4S/c1-20(2)31-17-7-12-25-24(28)22-9-6-8-21(18-22)19-26-13-15-27(16-14-26)32(29,30)23-10-4-3-5-11-23/h3-6,8-11,18,20H,7,12-17,19H2,1-2H3,(H,25,28). The van der Waals surface area contributed by atoms with Gasteiger partial charge in [0.15, 0.2) is 0 Å². The van der Waals surface area contributed by atoms with E-state index in [1.165, 1.54) is 0 Å². The Kier molecular flexibility index (Phi) is 8.81. The zero-order chi connectivity index (χ0) is 23.0. The third-order valence-corrected chi connectivity index (χ3v) is 7.28. The second-order valence-electron chi connectivity index (χ2n) is 8.22. The van der Waals surface area contributed by atoms with Crippen molar-refractivity contribution >= 4 is 15.9 Å². The van der Waals surface area contributed by atoms with E-state index in [0.29, 0.717) is 56.3 Å². The number of benzene rings is 2. The van der Waals surface area contributed by atoms with Crippen LogP contribution < -0.4 is 5.32 Å². The number of piperazine rings is 1. The summed E-state index contributed by atoms with van der Waals surface area (Å²) in [6.45, 7) is 8.08. The molecule has 7 nitrogen and oxygen atoms in total. The van der Waals surface area contributed by atoms with E-state index < -0.39 is 10.0 Å². The van der Waals surface area contributed by atoms with E-state index in [9.17, 15) is 13.2 Å². The van der Waals surface area contributed by atoms with Crippen LogP contribution >= 0.6 is 0 Å². The summed E-state index contributed by atoms with van der Waals surface area (Å²) in [4.78, 5) is 15.0. The maximum absolute atomic E-state index is 12.8. The average molecular weight is 460 g/mol. The van der Waals surface area contributed by atoms with Crippen molar-refractivity contribution in [2.75, 3.05) is 39.3 Å². The zero-order valence-corrected chi connectivity index (χ0v) is 19.7. The molecular weight excluding hydrogens is 426 g/mol. The van der Waals surface area contributed by atoms with Gasteiger partial charge in [-0.25, -0.2) is 8.42 Å². The number of hydrogen-bond acceptors (Lipinski definition) is 5. The molecule has 2 aromatic carbocycles. The Hall–Kier alpha value is -2.26. The number of ether oxygens (including phenoxy) is 1. The van der Waals surface area contributed by atoms with E-state index in [1.54, 1.807) is 28.6 Å². The zero-order valence-electron chi connectivity index (χ0n) is 18.9. The van der Waals surface area contributed by atoms with Crippen molar-refractivity contribution in [1.29, 1.82) is 0 Å². The van der Waals surface area contributed by atoms with Gasteiger partial charge in [0.25, 0.3) is 5.91 Å². The fourth-order valence-electron chi connectivity index (χ4n) is 3.63. The molecule has 0 unspecified atom stereocenters. The average Bonchev–Trinajstić information content (AvgIpc) is 2.79. The Morgan fingerprint density at radius 3 is 2.44 bits per heavy atom. The molecule has 0 bridgehead atoms. The van der Waals surface area contributed by atoms with Crippen molar-refractivity contribution in [3.63, 3.8) is 0 Å². The summed E-state index contributed by atoms with van der Waals surface area (Å²) >= 11 is 0. The van der Waals surface area contributed by atoms with E-state index in [4.69, 9.17) is 4.74 Å². The molecule has 8 heteroatoms. The van der Waals surface area contributed by atoms with Gasteiger partial charge in [-0.2, -0.15) is 4.31 Å². The molecular formula is C24H33N3O4S. The summed E-state index contributed by atoms with van der Waals surface area (Å²) in [5.41, 5.74) is 1.68. The molecule has 3 rings (SSSR count). The number of rotatable bonds is 10. The predicted octanol–water partition coefficient (Wildman–Crippen LogP) is 2.74. The lowest BCUT2D eigenvalue weighted by Gasteiger charge is -2.34. The maximum Gasteiger partial charge on any atom is 0.251 e. The van der Waals surface area contributed by atoms with E-state index in [-0.39, 0.29) is 12.0 Å². The Morgan fingerprint density at radius 1 is 1.03 bits per heavy atom. The molecule has 1 aliphatic rings. The first-order chi connectivity index (χ1) is 15.4. The number of hydrogen-bond donors (Lipinski definition) is 1. The fourth-order valence-corrected chi connectivity index (χ4v) is 5.08. The predicted molar refractivity (Wildman–Crippen MR) is 125 cm³/mol. The van der Waals surface area contributed by atoms with Crippen molar-refractivity contribution < 1.29 is 17.9 Å². The largest absolute Gasteiger partial charge is 0.379 e. The van der Waals surface area contributed by atoms with Crippen LogP contribution in [-0.4, -0.2) is 69.0 Å². The lowest BCUT2D eigenvalue weighted by Crippen LogP contribution is -2.48. The topological polar surface area (TPSA) is 79.0 Å². The first-order valence-electron chi connectivity index (χ1n) is 11.1. The summed E-state index contributed by atoms with van der Waals surface area (Å²) in [5, 5.41) is 2.94. The minimum atomic E-state index is -3.45. The Labute approximate surface area is 191 Å². The Bertz CT molecular complexity index is 972. The molecule has 174 valence electrons. The van der Waals surface area contributed by atoms with Gasteiger partial charge in [0.2, 0.25) is 10.0 Å². The molecule has 1 fully saturated rings. The number of nitrogens with zero attached hydrogens (tertiary/aromatic N) is 2. The quantitative estimate of drug-likeness (QED) is 0.553. The third-order valence-electron chi connectivity index (χ3n) is 5.37. The minimum Gasteiger partial charge on any atom is -0.379 e. The van der Waals surface area contributed by atoms with Crippen LogP contribution in [0.4, 0.5) is 0 Å². The van der Waals surface area contributed by atoms with E-state index in [0.717, 1.165) is 12.0 Å². The lowest BCUT2D eigenvalue weighted by molar-refractivity contribution is 0.0757. The highest BCUT2D eigenvalue weighted by molar-refractivity contribution is 7.89. The molecule has 0 saturated carbocycles. The van der Waals surface area contributed by atoms with Gasteiger partial charge in [-0.3, -0.25) is 9.69 Å². The van der Waals surface area contributed by atoms with Crippen LogP contribution in [0.2, 0.25) is 0 Å². The first-order valence-corrected chi connectivity index (χ1v) is 12.6. The smallest absolute Gasteiger partial charge is 0.251 e. The Morgan fingerprint density at radius 2 is 1.75 bits per heavy atom. The number of amides is 1. The van der Waals surface area contributed by atoms with E-state index >= 15 is 0 Å². The Balaban J connectivity index is 1.49. The van der Waals surface area contributed by atoms with Crippen LogP contribution in [0.15, 0.2) is 59.5 Å². The number of carbonyl (C=O) groups excluding carboxylic acids is 1. The number of nitrogens with one attached hydrogen (secondary N) is 1. The summed E-state index contributed by atoms with van der Waals surface area (Å²) in [7, 11) is -3.45. The number of carbonyl (C=O) groups is 1. The monoisotopic (exact) mass is 459 g/mol. The molecule has 1 aliphatic heterocycles. The second-order valence-corrected chi connectivity index (χ2v) is 10.2. The van der Waals surface area contributed by atoms with Gasteiger partial charge < -0.3 is 10.1 Å². The van der Waals surface area contributed by atoms with Gasteiger partial charge >= 0.3 is 0 Å².